The Kier molecular flexibility index (Phi) is 2.10. The zero-order valence-corrected chi connectivity index (χ0v) is 8.58. The van der Waals surface area contributed by atoms with Crippen LogP contribution < -0.4 is 0 Å². The van der Waals surface area contributed by atoms with Gasteiger partial charge in [0.05, 0.1) is 0 Å². The van der Waals surface area contributed by atoms with Gasteiger partial charge in [0, 0.05) is 25.5 Å². The number of hydrogen-bond acceptors (Lipinski definition) is 2. The summed E-state index contributed by atoms with van der Waals surface area (Å²) in [6, 6.07) is 5.63. The average Bonchev–Trinajstić information content (AvgIpc) is 2.40. The number of carbonyl (C=O) groups excluding carboxylic acids is 1. The molecular weight excluding hydrogens is 204 g/mol. The van der Waals surface area contributed by atoms with Crippen molar-refractivity contribution in [3.63, 3.8) is 0 Å². The summed E-state index contributed by atoms with van der Waals surface area (Å²) in [4.78, 5) is 11.8. The van der Waals surface area contributed by atoms with Gasteiger partial charge in [0.15, 0.2) is 6.29 Å². The van der Waals surface area contributed by atoms with Crippen molar-refractivity contribution in [2.45, 2.75) is 6.92 Å². The first-order chi connectivity index (χ1) is 6.22. The number of fused-ring (bicyclic) bond motifs is 1. The van der Waals surface area contributed by atoms with Gasteiger partial charge in [-0.1, -0.05) is 11.6 Å². The number of aryl methyl sites for hydroxylation is 1. The van der Waals surface area contributed by atoms with Crippen LogP contribution in [0.2, 0.25) is 5.02 Å². The Morgan fingerprint density at radius 1 is 1.46 bits per heavy atom. The highest BCUT2D eigenvalue weighted by Crippen LogP contribution is 2.31. The monoisotopic (exact) mass is 210 g/mol. The molecule has 1 aromatic carbocycles. The van der Waals surface area contributed by atoms with E-state index in [1.165, 1.54) is 0 Å². The molecule has 0 aliphatic carbocycles. The van der Waals surface area contributed by atoms with Crippen molar-refractivity contribution in [2.24, 2.45) is 0 Å². The highest BCUT2D eigenvalue weighted by atomic mass is 35.5. The standard InChI is InChI=1S/C10H7ClOS/c1-6-9(5-12)8-4-7(11)2-3-10(8)13-6/h2-5H,1H3. The molecule has 0 N–H and O–H groups in total. The topological polar surface area (TPSA) is 17.1 Å². The molecule has 3 heteroatoms. The largest absolute Gasteiger partial charge is 0.298 e. The third kappa shape index (κ3) is 1.36. The first-order valence-electron chi connectivity index (χ1n) is 3.86. The van der Waals surface area contributed by atoms with Crippen molar-refractivity contribution in [1.82, 2.24) is 0 Å². The average molecular weight is 211 g/mol. The number of aldehydes is 1. The number of carbonyl (C=O) groups is 1. The minimum absolute atomic E-state index is 0.674. The van der Waals surface area contributed by atoms with E-state index in [0.29, 0.717) is 5.02 Å². The third-order valence-electron chi connectivity index (χ3n) is 1.99. The zero-order valence-electron chi connectivity index (χ0n) is 7.00. The van der Waals surface area contributed by atoms with Crippen molar-refractivity contribution >= 4 is 39.3 Å². The fourth-order valence-electron chi connectivity index (χ4n) is 1.36. The van der Waals surface area contributed by atoms with Crippen LogP contribution in [0.3, 0.4) is 0 Å². The van der Waals surface area contributed by atoms with E-state index in [9.17, 15) is 4.79 Å². The van der Waals surface area contributed by atoms with Gasteiger partial charge in [0.25, 0.3) is 0 Å². The second-order valence-electron chi connectivity index (χ2n) is 2.83. The maximum Gasteiger partial charge on any atom is 0.151 e. The summed E-state index contributed by atoms with van der Waals surface area (Å²) in [5, 5.41) is 1.64. The molecule has 2 aromatic rings. The van der Waals surface area contributed by atoms with Gasteiger partial charge in [-0.15, -0.1) is 11.3 Å². The molecule has 1 aromatic heterocycles. The molecule has 2 rings (SSSR count). The lowest BCUT2D eigenvalue weighted by Gasteiger charge is -1.91. The molecule has 0 unspecified atom stereocenters. The number of hydrogen-bond donors (Lipinski definition) is 0. The van der Waals surface area contributed by atoms with Gasteiger partial charge in [-0.3, -0.25) is 4.79 Å². The van der Waals surface area contributed by atoms with Crippen LogP contribution in [0, 0.1) is 6.92 Å². The van der Waals surface area contributed by atoms with E-state index in [4.69, 9.17) is 11.6 Å². The van der Waals surface area contributed by atoms with Crippen LogP contribution in [0.4, 0.5) is 0 Å². The number of halogens is 1. The summed E-state index contributed by atoms with van der Waals surface area (Å²) >= 11 is 7.47. The van der Waals surface area contributed by atoms with Crippen molar-refractivity contribution in [1.29, 1.82) is 0 Å². The van der Waals surface area contributed by atoms with E-state index in [0.717, 1.165) is 26.8 Å². The highest BCUT2D eigenvalue weighted by Gasteiger charge is 2.07. The minimum Gasteiger partial charge on any atom is -0.298 e. The lowest BCUT2D eigenvalue weighted by molar-refractivity contribution is 0.112. The molecule has 66 valence electrons. The smallest absolute Gasteiger partial charge is 0.151 e. The summed E-state index contributed by atoms with van der Waals surface area (Å²) in [6.07, 6.45) is 0.893. The highest BCUT2D eigenvalue weighted by molar-refractivity contribution is 7.19. The third-order valence-corrected chi connectivity index (χ3v) is 3.33. The second-order valence-corrected chi connectivity index (χ2v) is 4.52. The van der Waals surface area contributed by atoms with Crippen LogP contribution >= 0.6 is 22.9 Å². The van der Waals surface area contributed by atoms with E-state index >= 15 is 0 Å². The molecule has 0 radical (unpaired) electrons. The maximum absolute atomic E-state index is 10.8. The fourth-order valence-corrected chi connectivity index (χ4v) is 2.54. The Labute approximate surface area is 84.9 Å². The van der Waals surface area contributed by atoms with Gasteiger partial charge in [0.2, 0.25) is 0 Å². The molecule has 0 saturated heterocycles. The molecular formula is C10H7ClOS. The Morgan fingerprint density at radius 2 is 2.23 bits per heavy atom. The van der Waals surface area contributed by atoms with Gasteiger partial charge in [0.1, 0.15) is 0 Å². The van der Waals surface area contributed by atoms with Crippen molar-refractivity contribution in [2.75, 3.05) is 0 Å². The molecule has 0 aliphatic rings. The minimum atomic E-state index is 0.674. The Bertz CT molecular complexity index is 473. The van der Waals surface area contributed by atoms with Crippen LogP contribution in [0.25, 0.3) is 10.1 Å². The number of rotatable bonds is 1. The van der Waals surface area contributed by atoms with Crippen molar-refractivity contribution < 1.29 is 4.79 Å². The predicted octanol–water partition coefficient (Wildman–Crippen LogP) is 3.68. The van der Waals surface area contributed by atoms with E-state index in [1.54, 1.807) is 11.3 Å². The number of thiophene rings is 1. The van der Waals surface area contributed by atoms with Crippen molar-refractivity contribution in [3.05, 3.63) is 33.7 Å². The van der Waals surface area contributed by atoms with E-state index in [-0.39, 0.29) is 0 Å². The molecule has 0 atom stereocenters. The first kappa shape index (κ1) is 8.73. The summed E-state index contributed by atoms with van der Waals surface area (Å²) in [7, 11) is 0. The normalized spacial score (nSPS) is 10.6. The van der Waals surface area contributed by atoms with Crippen LogP contribution in [-0.4, -0.2) is 6.29 Å². The SMILES string of the molecule is Cc1sc2ccc(Cl)cc2c1C=O. The van der Waals surface area contributed by atoms with Gasteiger partial charge in [-0.05, 0) is 25.1 Å². The predicted molar refractivity (Wildman–Crippen MR) is 57.0 cm³/mol. The van der Waals surface area contributed by atoms with Gasteiger partial charge in [-0.2, -0.15) is 0 Å². The fraction of sp³-hybridized carbons (Fsp3) is 0.100. The summed E-state index contributed by atoms with van der Waals surface area (Å²) < 4.78 is 1.11. The Morgan fingerprint density at radius 3 is 2.92 bits per heavy atom. The Balaban J connectivity index is 2.88. The lowest BCUT2D eigenvalue weighted by Crippen LogP contribution is -1.78. The van der Waals surface area contributed by atoms with E-state index in [1.807, 2.05) is 25.1 Å². The molecule has 0 amide bonds. The van der Waals surface area contributed by atoms with E-state index in [2.05, 4.69) is 0 Å². The van der Waals surface area contributed by atoms with Crippen molar-refractivity contribution in [3.8, 4) is 0 Å². The number of benzene rings is 1. The van der Waals surface area contributed by atoms with Crippen LogP contribution in [0.5, 0.6) is 0 Å². The van der Waals surface area contributed by atoms with E-state index < -0.39 is 0 Å². The van der Waals surface area contributed by atoms with Gasteiger partial charge in [-0.25, -0.2) is 0 Å². The summed E-state index contributed by atoms with van der Waals surface area (Å²) in [5.74, 6) is 0. The van der Waals surface area contributed by atoms with Crippen LogP contribution in [0.15, 0.2) is 18.2 Å². The lowest BCUT2D eigenvalue weighted by atomic mass is 10.1. The molecule has 0 fully saturated rings. The molecule has 0 spiro atoms. The van der Waals surface area contributed by atoms with Crippen LogP contribution in [-0.2, 0) is 0 Å². The molecule has 0 bridgehead atoms. The summed E-state index contributed by atoms with van der Waals surface area (Å²) in [5.41, 5.74) is 0.766. The molecule has 0 saturated carbocycles. The second kappa shape index (κ2) is 3.13. The van der Waals surface area contributed by atoms with Crippen LogP contribution in [0.1, 0.15) is 15.2 Å². The Hall–Kier alpha value is -0.860. The molecule has 0 aliphatic heterocycles. The molecule has 1 nitrogen and oxygen atoms in total. The quantitative estimate of drug-likeness (QED) is 0.657. The first-order valence-corrected chi connectivity index (χ1v) is 5.05. The zero-order chi connectivity index (χ0) is 9.42. The maximum atomic E-state index is 10.8. The van der Waals surface area contributed by atoms with Gasteiger partial charge < -0.3 is 0 Å². The summed E-state index contributed by atoms with van der Waals surface area (Å²) in [6.45, 7) is 1.95. The molecule has 1 heterocycles. The van der Waals surface area contributed by atoms with Gasteiger partial charge >= 0.3 is 0 Å². The molecule has 13 heavy (non-hydrogen) atoms.